The fraction of sp³-hybridized carbons (Fsp3) is 0.286. The minimum absolute atomic E-state index is 0.150. The van der Waals surface area contributed by atoms with Gasteiger partial charge >= 0.3 is 0 Å². The molecule has 0 radical (unpaired) electrons. The molecular formula is C21H22N4O3. The van der Waals surface area contributed by atoms with Crippen LogP contribution in [0.2, 0.25) is 0 Å². The second-order valence-electron chi connectivity index (χ2n) is 6.73. The number of carbonyl (C=O) groups excluding carboxylic acids is 1. The van der Waals surface area contributed by atoms with E-state index in [4.69, 9.17) is 9.26 Å². The molecule has 1 aliphatic rings. The second kappa shape index (κ2) is 8.67. The van der Waals surface area contributed by atoms with Crippen molar-refractivity contribution in [3.8, 4) is 5.88 Å². The molecule has 2 aromatic heterocycles. The van der Waals surface area contributed by atoms with Crippen molar-refractivity contribution >= 4 is 5.91 Å². The molecule has 1 aliphatic heterocycles. The van der Waals surface area contributed by atoms with Crippen molar-refractivity contribution in [1.82, 2.24) is 19.9 Å². The number of pyridine rings is 1. The lowest BCUT2D eigenvalue weighted by Crippen LogP contribution is -2.48. The molecule has 28 heavy (non-hydrogen) atoms. The van der Waals surface area contributed by atoms with Crippen LogP contribution in [0.1, 0.15) is 21.7 Å². The van der Waals surface area contributed by atoms with Crippen molar-refractivity contribution in [3.05, 3.63) is 77.8 Å². The first kappa shape index (κ1) is 18.2. The Bertz CT molecular complexity index is 890. The third kappa shape index (κ3) is 4.55. The van der Waals surface area contributed by atoms with Crippen molar-refractivity contribution < 1.29 is 14.1 Å². The monoisotopic (exact) mass is 378 g/mol. The fourth-order valence-corrected chi connectivity index (χ4v) is 3.17. The maximum absolute atomic E-state index is 12.7. The number of hydrogen-bond donors (Lipinski definition) is 0. The van der Waals surface area contributed by atoms with Gasteiger partial charge in [-0.25, -0.2) is 0 Å². The zero-order valence-corrected chi connectivity index (χ0v) is 15.5. The van der Waals surface area contributed by atoms with Crippen LogP contribution in [0.5, 0.6) is 5.88 Å². The van der Waals surface area contributed by atoms with Crippen molar-refractivity contribution in [2.45, 2.75) is 13.2 Å². The quantitative estimate of drug-likeness (QED) is 0.657. The molecule has 0 unspecified atom stereocenters. The molecule has 0 spiro atoms. The first-order chi connectivity index (χ1) is 13.8. The third-order valence-corrected chi connectivity index (χ3v) is 4.72. The van der Waals surface area contributed by atoms with E-state index >= 15 is 0 Å². The molecule has 0 aliphatic carbocycles. The maximum atomic E-state index is 12.7. The van der Waals surface area contributed by atoms with Gasteiger partial charge in [-0.05, 0) is 22.3 Å². The Morgan fingerprint density at radius 1 is 1.04 bits per heavy atom. The highest BCUT2D eigenvalue weighted by molar-refractivity contribution is 5.91. The van der Waals surface area contributed by atoms with Crippen LogP contribution in [0, 0.1) is 0 Å². The van der Waals surface area contributed by atoms with Crippen molar-refractivity contribution in [2.24, 2.45) is 0 Å². The van der Waals surface area contributed by atoms with E-state index in [1.54, 1.807) is 17.2 Å². The molecule has 1 fully saturated rings. The number of rotatable bonds is 6. The van der Waals surface area contributed by atoms with Gasteiger partial charge < -0.3 is 14.2 Å². The van der Waals surface area contributed by atoms with Crippen LogP contribution in [-0.4, -0.2) is 52.0 Å². The molecule has 0 N–H and O–H groups in total. The summed E-state index contributed by atoms with van der Waals surface area (Å²) in [5, 5.41) is 3.86. The van der Waals surface area contributed by atoms with E-state index < -0.39 is 0 Å². The first-order valence-electron chi connectivity index (χ1n) is 9.32. The van der Waals surface area contributed by atoms with E-state index in [1.807, 2.05) is 42.6 Å². The Balaban J connectivity index is 1.28. The van der Waals surface area contributed by atoms with Crippen LogP contribution < -0.4 is 4.74 Å². The summed E-state index contributed by atoms with van der Waals surface area (Å²) in [6.07, 6.45) is 3.65. The van der Waals surface area contributed by atoms with E-state index in [2.05, 4.69) is 21.1 Å². The summed E-state index contributed by atoms with van der Waals surface area (Å²) in [7, 11) is 0. The van der Waals surface area contributed by atoms with Crippen LogP contribution >= 0.6 is 0 Å². The van der Waals surface area contributed by atoms with Crippen LogP contribution in [-0.2, 0) is 13.2 Å². The van der Waals surface area contributed by atoms with Crippen LogP contribution in [0.3, 0.4) is 0 Å². The van der Waals surface area contributed by atoms with E-state index in [0.717, 1.165) is 25.2 Å². The van der Waals surface area contributed by atoms with E-state index in [0.29, 0.717) is 25.6 Å². The Hall–Kier alpha value is -3.19. The minimum Gasteiger partial charge on any atom is -0.471 e. The average molecular weight is 378 g/mol. The molecule has 144 valence electrons. The lowest BCUT2D eigenvalue weighted by atomic mass is 10.2. The van der Waals surface area contributed by atoms with Crippen LogP contribution in [0.15, 0.2) is 65.4 Å². The summed E-state index contributed by atoms with van der Waals surface area (Å²) >= 11 is 0. The molecule has 1 saturated heterocycles. The Morgan fingerprint density at radius 2 is 1.82 bits per heavy atom. The predicted octanol–water partition coefficient (Wildman–Crippen LogP) is 2.61. The van der Waals surface area contributed by atoms with Gasteiger partial charge in [-0.3, -0.25) is 14.7 Å². The second-order valence-corrected chi connectivity index (χ2v) is 6.73. The largest absolute Gasteiger partial charge is 0.471 e. The molecule has 0 atom stereocenters. The summed E-state index contributed by atoms with van der Waals surface area (Å²) in [4.78, 5) is 20.9. The molecule has 4 rings (SSSR count). The number of piperazine rings is 1. The number of ether oxygens (including phenoxy) is 1. The first-order valence-corrected chi connectivity index (χ1v) is 9.32. The van der Waals surface area contributed by atoms with Crippen molar-refractivity contribution in [2.75, 3.05) is 26.2 Å². The Labute approximate surface area is 163 Å². The predicted molar refractivity (Wildman–Crippen MR) is 103 cm³/mol. The molecular weight excluding hydrogens is 356 g/mol. The lowest BCUT2D eigenvalue weighted by Gasteiger charge is -2.34. The van der Waals surface area contributed by atoms with E-state index in [1.165, 1.54) is 5.56 Å². The molecule has 0 bridgehead atoms. The lowest BCUT2D eigenvalue weighted by molar-refractivity contribution is 0.0588. The maximum Gasteiger partial charge on any atom is 0.292 e. The molecule has 3 heterocycles. The van der Waals surface area contributed by atoms with Crippen LogP contribution in [0.25, 0.3) is 0 Å². The van der Waals surface area contributed by atoms with Crippen LogP contribution in [0.4, 0.5) is 0 Å². The van der Waals surface area contributed by atoms with E-state index in [9.17, 15) is 4.79 Å². The summed E-state index contributed by atoms with van der Waals surface area (Å²) < 4.78 is 10.8. The van der Waals surface area contributed by atoms with Gasteiger partial charge in [0, 0.05) is 45.1 Å². The zero-order chi connectivity index (χ0) is 19.2. The molecule has 0 saturated carbocycles. The number of amides is 1. The molecule has 1 amide bonds. The summed E-state index contributed by atoms with van der Waals surface area (Å²) in [5.41, 5.74) is 2.21. The van der Waals surface area contributed by atoms with Gasteiger partial charge in [0.2, 0.25) is 5.76 Å². The fourth-order valence-electron chi connectivity index (χ4n) is 3.17. The van der Waals surface area contributed by atoms with Gasteiger partial charge in [-0.2, -0.15) is 0 Å². The highest BCUT2D eigenvalue weighted by Crippen LogP contribution is 2.17. The smallest absolute Gasteiger partial charge is 0.292 e. The SMILES string of the molecule is O=C(c1cc(OCc2ccccc2)no1)N1CCN(Cc2cccnc2)CC1. The third-order valence-electron chi connectivity index (χ3n) is 4.72. The standard InChI is InChI=1S/C21H22N4O3/c26-21(19-13-20(23-28-19)27-16-17-5-2-1-3-6-17)25-11-9-24(10-12-25)15-18-7-4-8-22-14-18/h1-8,13-14H,9-12,15-16H2. The Morgan fingerprint density at radius 3 is 2.57 bits per heavy atom. The Kier molecular flexibility index (Phi) is 5.63. The molecule has 7 heteroatoms. The van der Waals surface area contributed by atoms with Gasteiger partial charge in [0.1, 0.15) is 6.61 Å². The van der Waals surface area contributed by atoms with E-state index in [-0.39, 0.29) is 11.7 Å². The molecule has 1 aromatic carbocycles. The number of benzene rings is 1. The average Bonchev–Trinajstić information content (AvgIpc) is 3.23. The minimum atomic E-state index is -0.150. The topological polar surface area (TPSA) is 71.7 Å². The number of carbonyl (C=O) groups is 1. The summed E-state index contributed by atoms with van der Waals surface area (Å²) in [5.74, 6) is 0.384. The van der Waals surface area contributed by atoms with Gasteiger partial charge in [0.25, 0.3) is 11.8 Å². The molecule has 7 nitrogen and oxygen atoms in total. The number of aromatic nitrogens is 2. The molecule has 3 aromatic rings. The number of hydrogen-bond acceptors (Lipinski definition) is 6. The van der Waals surface area contributed by atoms with Gasteiger partial charge in [0.15, 0.2) is 0 Å². The highest BCUT2D eigenvalue weighted by atomic mass is 16.5. The van der Waals surface area contributed by atoms with Crippen molar-refractivity contribution in [3.63, 3.8) is 0 Å². The van der Waals surface area contributed by atoms with Crippen molar-refractivity contribution in [1.29, 1.82) is 0 Å². The zero-order valence-electron chi connectivity index (χ0n) is 15.5. The summed E-state index contributed by atoms with van der Waals surface area (Å²) in [6, 6.07) is 15.4. The normalized spacial score (nSPS) is 14.8. The van der Waals surface area contributed by atoms with Gasteiger partial charge in [-0.15, -0.1) is 0 Å². The highest BCUT2D eigenvalue weighted by Gasteiger charge is 2.25. The van der Waals surface area contributed by atoms with Gasteiger partial charge in [-0.1, -0.05) is 36.4 Å². The summed E-state index contributed by atoms with van der Waals surface area (Å²) in [6.45, 7) is 4.15. The van der Waals surface area contributed by atoms with Gasteiger partial charge in [0.05, 0.1) is 6.07 Å². The number of nitrogens with zero attached hydrogens (tertiary/aromatic N) is 4.